The number of amides is 2. The summed E-state index contributed by atoms with van der Waals surface area (Å²) in [6.07, 6.45) is 1.26. The van der Waals surface area contributed by atoms with Gasteiger partial charge in [0.2, 0.25) is 11.8 Å². The molecular weight excluding hydrogens is 500 g/mol. The van der Waals surface area contributed by atoms with E-state index in [1.54, 1.807) is 16.7 Å². The minimum Gasteiger partial charge on any atom is -0.352 e. The Hall–Kier alpha value is -2.76. The number of hydrogen-bond donors (Lipinski definition) is 1. The van der Waals surface area contributed by atoms with E-state index in [1.165, 1.54) is 16.7 Å². The summed E-state index contributed by atoms with van der Waals surface area (Å²) < 4.78 is 0. The summed E-state index contributed by atoms with van der Waals surface area (Å²) in [4.78, 5) is 29.0. The second-order valence-corrected chi connectivity index (χ2v) is 11.1. The SMILES string of the molecule is CC[C@@H](C)NC(=O)[C@H](Cc1ccccc1)N(Cc1cccc(Cl)c1)C(=O)CSCc1cc(C)cc(C)c1. The van der Waals surface area contributed by atoms with Gasteiger partial charge in [-0.25, -0.2) is 0 Å². The van der Waals surface area contributed by atoms with Crippen molar-refractivity contribution < 1.29 is 9.59 Å². The Balaban J connectivity index is 1.86. The zero-order valence-electron chi connectivity index (χ0n) is 22.2. The van der Waals surface area contributed by atoms with Crippen molar-refractivity contribution >= 4 is 35.2 Å². The van der Waals surface area contributed by atoms with E-state index in [4.69, 9.17) is 11.6 Å². The first-order chi connectivity index (χ1) is 17.7. The van der Waals surface area contributed by atoms with Gasteiger partial charge < -0.3 is 10.2 Å². The molecule has 4 nitrogen and oxygen atoms in total. The number of carbonyl (C=O) groups excluding carboxylic acids is 2. The molecule has 1 N–H and O–H groups in total. The predicted octanol–water partition coefficient (Wildman–Crippen LogP) is 6.74. The van der Waals surface area contributed by atoms with Crippen molar-refractivity contribution in [2.75, 3.05) is 5.75 Å². The molecule has 0 bridgehead atoms. The van der Waals surface area contributed by atoms with Crippen molar-refractivity contribution in [3.05, 3.63) is 106 Å². The average Bonchev–Trinajstić information content (AvgIpc) is 2.86. The van der Waals surface area contributed by atoms with Gasteiger partial charge in [0, 0.05) is 29.8 Å². The summed E-state index contributed by atoms with van der Waals surface area (Å²) in [5.41, 5.74) is 5.54. The molecule has 0 aromatic heterocycles. The number of nitrogens with zero attached hydrogens (tertiary/aromatic N) is 1. The Morgan fingerprint density at radius 2 is 1.59 bits per heavy atom. The highest BCUT2D eigenvalue weighted by atomic mass is 35.5. The summed E-state index contributed by atoms with van der Waals surface area (Å²) >= 11 is 7.84. The molecule has 0 aliphatic rings. The van der Waals surface area contributed by atoms with E-state index in [-0.39, 0.29) is 23.6 Å². The monoisotopic (exact) mass is 536 g/mol. The van der Waals surface area contributed by atoms with Crippen LogP contribution in [0.4, 0.5) is 0 Å². The molecule has 0 fully saturated rings. The van der Waals surface area contributed by atoms with Crippen molar-refractivity contribution in [3.8, 4) is 0 Å². The van der Waals surface area contributed by atoms with E-state index in [2.05, 4.69) is 37.4 Å². The average molecular weight is 537 g/mol. The van der Waals surface area contributed by atoms with Crippen LogP contribution in [0, 0.1) is 13.8 Å². The van der Waals surface area contributed by atoms with E-state index >= 15 is 0 Å². The summed E-state index contributed by atoms with van der Waals surface area (Å²) in [5, 5.41) is 3.72. The number of nitrogens with one attached hydrogen (secondary N) is 1. The molecule has 2 amide bonds. The molecule has 0 saturated carbocycles. The summed E-state index contributed by atoms with van der Waals surface area (Å²) in [5.74, 6) is 0.833. The lowest BCUT2D eigenvalue weighted by Gasteiger charge is -2.32. The van der Waals surface area contributed by atoms with Gasteiger partial charge in [0.1, 0.15) is 6.04 Å². The Labute approximate surface area is 230 Å². The van der Waals surface area contributed by atoms with Crippen molar-refractivity contribution in [2.24, 2.45) is 0 Å². The van der Waals surface area contributed by atoms with Crippen LogP contribution >= 0.6 is 23.4 Å². The first kappa shape index (κ1) is 28.8. The third-order valence-corrected chi connectivity index (χ3v) is 7.51. The van der Waals surface area contributed by atoms with Crippen molar-refractivity contribution in [3.63, 3.8) is 0 Å². The number of carbonyl (C=O) groups is 2. The minimum absolute atomic E-state index is 0.0211. The molecule has 0 aliphatic carbocycles. The van der Waals surface area contributed by atoms with Gasteiger partial charge in [-0.2, -0.15) is 0 Å². The van der Waals surface area contributed by atoms with Crippen LogP contribution in [0.5, 0.6) is 0 Å². The van der Waals surface area contributed by atoms with E-state index in [1.807, 2.05) is 68.4 Å². The van der Waals surface area contributed by atoms with Crippen LogP contribution < -0.4 is 5.32 Å². The van der Waals surface area contributed by atoms with Gasteiger partial charge in [0.05, 0.1) is 5.75 Å². The predicted molar refractivity (Wildman–Crippen MR) is 156 cm³/mol. The van der Waals surface area contributed by atoms with E-state index in [9.17, 15) is 9.59 Å². The zero-order valence-corrected chi connectivity index (χ0v) is 23.7. The van der Waals surface area contributed by atoms with E-state index < -0.39 is 6.04 Å². The molecule has 0 unspecified atom stereocenters. The lowest BCUT2D eigenvalue weighted by atomic mass is 10.0. The lowest BCUT2D eigenvalue weighted by molar-refractivity contribution is -0.139. The standard InChI is InChI=1S/C31H37ClN2O2S/c1-5-24(4)33-31(36)29(18-25-10-7-6-8-11-25)34(19-26-12-9-13-28(32)17-26)30(35)21-37-20-27-15-22(2)14-23(3)16-27/h6-17,24,29H,5,18-21H2,1-4H3,(H,33,36)/t24-,29+/m1/s1. The van der Waals surface area contributed by atoms with Crippen LogP contribution in [0.1, 0.15) is 48.1 Å². The summed E-state index contributed by atoms with van der Waals surface area (Å²) in [7, 11) is 0. The fourth-order valence-corrected chi connectivity index (χ4v) is 5.38. The molecule has 6 heteroatoms. The molecule has 0 heterocycles. The van der Waals surface area contributed by atoms with Gasteiger partial charge in [-0.05, 0) is 56.0 Å². The number of rotatable bonds is 12. The Morgan fingerprint density at radius 3 is 2.24 bits per heavy atom. The zero-order chi connectivity index (χ0) is 26.8. The maximum atomic E-state index is 13.7. The molecule has 0 spiro atoms. The summed E-state index contributed by atoms with van der Waals surface area (Å²) in [6, 6.07) is 23.2. The molecule has 3 rings (SSSR count). The second-order valence-electron chi connectivity index (χ2n) is 9.66. The van der Waals surface area contributed by atoms with Gasteiger partial charge in [-0.1, -0.05) is 90.3 Å². The number of halogens is 1. The Morgan fingerprint density at radius 1 is 0.919 bits per heavy atom. The molecular formula is C31H37ClN2O2S. The highest BCUT2D eigenvalue weighted by Crippen LogP contribution is 2.21. The molecule has 3 aromatic carbocycles. The molecule has 2 atom stereocenters. The normalized spacial score (nSPS) is 12.6. The molecule has 0 radical (unpaired) electrons. The first-order valence-corrected chi connectivity index (χ1v) is 14.3. The Bertz CT molecular complexity index is 1160. The van der Waals surface area contributed by atoms with Crippen LogP contribution in [-0.2, 0) is 28.3 Å². The van der Waals surface area contributed by atoms with Crippen LogP contribution in [0.2, 0.25) is 5.02 Å². The van der Waals surface area contributed by atoms with Gasteiger partial charge in [0.25, 0.3) is 0 Å². The van der Waals surface area contributed by atoms with Crippen molar-refractivity contribution in [1.82, 2.24) is 10.2 Å². The second kappa shape index (κ2) is 14.3. The van der Waals surface area contributed by atoms with Crippen LogP contribution in [0.3, 0.4) is 0 Å². The number of aryl methyl sites for hydroxylation is 2. The van der Waals surface area contributed by atoms with Gasteiger partial charge in [0.15, 0.2) is 0 Å². The third kappa shape index (κ3) is 9.24. The van der Waals surface area contributed by atoms with Gasteiger partial charge in [-0.15, -0.1) is 11.8 Å². The lowest BCUT2D eigenvalue weighted by Crippen LogP contribution is -2.52. The van der Waals surface area contributed by atoms with E-state index in [0.717, 1.165) is 23.3 Å². The molecule has 196 valence electrons. The third-order valence-electron chi connectivity index (χ3n) is 6.29. The molecule has 0 aliphatic heterocycles. The summed E-state index contributed by atoms with van der Waals surface area (Å²) in [6.45, 7) is 8.51. The van der Waals surface area contributed by atoms with Crippen molar-refractivity contribution in [1.29, 1.82) is 0 Å². The highest BCUT2D eigenvalue weighted by molar-refractivity contribution is 7.99. The number of hydrogen-bond acceptors (Lipinski definition) is 3. The maximum absolute atomic E-state index is 13.7. The molecule has 0 saturated heterocycles. The highest BCUT2D eigenvalue weighted by Gasteiger charge is 2.30. The van der Waals surface area contributed by atoms with Crippen LogP contribution in [0.15, 0.2) is 72.8 Å². The minimum atomic E-state index is -0.635. The smallest absolute Gasteiger partial charge is 0.243 e. The quantitative estimate of drug-likeness (QED) is 0.279. The fourth-order valence-electron chi connectivity index (χ4n) is 4.32. The Kier molecular flexibility index (Phi) is 11.1. The van der Waals surface area contributed by atoms with Crippen LogP contribution in [-0.4, -0.2) is 34.6 Å². The largest absolute Gasteiger partial charge is 0.352 e. The van der Waals surface area contributed by atoms with Crippen LogP contribution in [0.25, 0.3) is 0 Å². The fraction of sp³-hybridized carbons (Fsp3) is 0.355. The van der Waals surface area contributed by atoms with Gasteiger partial charge in [-0.3, -0.25) is 9.59 Å². The molecule has 37 heavy (non-hydrogen) atoms. The number of benzene rings is 3. The first-order valence-electron chi connectivity index (χ1n) is 12.8. The van der Waals surface area contributed by atoms with E-state index in [0.29, 0.717) is 18.0 Å². The van der Waals surface area contributed by atoms with Crippen molar-refractivity contribution in [2.45, 2.75) is 64.9 Å². The maximum Gasteiger partial charge on any atom is 0.243 e. The van der Waals surface area contributed by atoms with Gasteiger partial charge >= 0.3 is 0 Å². The molecule has 3 aromatic rings. The topological polar surface area (TPSA) is 49.4 Å². The number of thioether (sulfide) groups is 1.